The second-order valence-corrected chi connectivity index (χ2v) is 7.34. The van der Waals surface area contributed by atoms with Crippen LogP contribution in [0.25, 0.3) is 0 Å². The van der Waals surface area contributed by atoms with E-state index in [1.807, 2.05) is 6.92 Å². The van der Waals surface area contributed by atoms with Gasteiger partial charge in [-0.2, -0.15) is 0 Å². The van der Waals surface area contributed by atoms with E-state index >= 15 is 0 Å². The maximum atomic E-state index is 12.1. The number of amides is 1. The summed E-state index contributed by atoms with van der Waals surface area (Å²) in [5.74, 6) is -0.408. The van der Waals surface area contributed by atoms with Crippen LogP contribution in [0.2, 0.25) is 0 Å². The summed E-state index contributed by atoms with van der Waals surface area (Å²) in [4.78, 5) is 12.0. The molecule has 1 atom stereocenters. The van der Waals surface area contributed by atoms with E-state index in [0.717, 1.165) is 25.7 Å². The van der Waals surface area contributed by atoms with Crippen molar-refractivity contribution in [3.63, 3.8) is 0 Å². The Hall–Kier alpha value is -1.07. The molecule has 20 heavy (non-hydrogen) atoms. The number of rotatable bonds is 7. The number of halogens is 1. The number of nitrogens with one attached hydrogen (secondary N) is 1. The average molecular weight is 318 g/mol. The van der Waals surface area contributed by atoms with E-state index in [-0.39, 0.29) is 16.5 Å². The van der Waals surface area contributed by atoms with Crippen LogP contribution in [0.5, 0.6) is 0 Å². The van der Waals surface area contributed by atoms with Crippen LogP contribution in [0, 0.1) is 0 Å². The molecule has 0 radical (unpaired) electrons. The number of hydrogen-bond donors (Lipinski definition) is 1. The minimum Gasteiger partial charge on any atom is -0.350 e. The summed E-state index contributed by atoms with van der Waals surface area (Å²) in [6.07, 6.45) is 4.14. The number of carbonyl (C=O) groups excluding carboxylic acids is 1. The second-order valence-electron chi connectivity index (χ2n) is 4.80. The van der Waals surface area contributed by atoms with Crippen LogP contribution in [-0.4, -0.2) is 20.4 Å². The first-order valence-corrected chi connectivity index (χ1v) is 9.01. The first kappa shape index (κ1) is 17.0. The largest absolute Gasteiger partial charge is 0.350 e. The van der Waals surface area contributed by atoms with Crippen molar-refractivity contribution >= 4 is 25.6 Å². The molecule has 1 aromatic rings. The summed E-state index contributed by atoms with van der Waals surface area (Å²) < 4.78 is 22.9. The van der Waals surface area contributed by atoms with E-state index in [1.165, 1.54) is 18.2 Å². The zero-order valence-corrected chi connectivity index (χ0v) is 13.3. The maximum absolute atomic E-state index is 12.1. The molecule has 1 unspecified atom stereocenters. The van der Waals surface area contributed by atoms with E-state index in [1.54, 1.807) is 6.07 Å². The summed E-state index contributed by atoms with van der Waals surface area (Å²) in [6.45, 7) is 4.02. The summed E-state index contributed by atoms with van der Waals surface area (Å²) >= 11 is 0. The minimum absolute atomic E-state index is 0.000126. The van der Waals surface area contributed by atoms with E-state index in [0.29, 0.717) is 0 Å². The van der Waals surface area contributed by atoms with E-state index in [2.05, 4.69) is 12.2 Å². The van der Waals surface area contributed by atoms with Crippen molar-refractivity contribution in [2.75, 3.05) is 0 Å². The predicted molar refractivity (Wildman–Crippen MR) is 80.6 cm³/mol. The Kier molecular flexibility index (Phi) is 6.49. The first-order chi connectivity index (χ1) is 9.36. The van der Waals surface area contributed by atoms with Gasteiger partial charge in [0.15, 0.2) is 0 Å². The van der Waals surface area contributed by atoms with Crippen LogP contribution >= 0.6 is 10.7 Å². The summed E-state index contributed by atoms with van der Waals surface area (Å²) in [7, 11) is 1.42. The van der Waals surface area contributed by atoms with E-state index in [9.17, 15) is 13.2 Å². The minimum atomic E-state index is -3.92. The summed E-state index contributed by atoms with van der Waals surface area (Å²) in [5.41, 5.74) is 0.0878. The van der Waals surface area contributed by atoms with Crippen LogP contribution in [0.4, 0.5) is 0 Å². The molecule has 1 rings (SSSR count). The van der Waals surface area contributed by atoms with Gasteiger partial charge in [0.2, 0.25) is 0 Å². The van der Waals surface area contributed by atoms with Gasteiger partial charge in [0.25, 0.3) is 15.0 Å². The third kappa shape index (κ3) is 5.13. The molecule has 112 valence electrons. The molecule has 1 aromatic carbocycles. The SMILES string of the molecule is CCCCCC(C)NC(=O)c1ccccc1S(=O)(=O)Cl. The Morgan fingerprint density at radius 3 is 2.55 bits per heavy atom. The molecule has 0 spiro atoms. The van der Waals surface area contributed by atoms with Gasteiger partial charge in [-0.1, -0.05) is 38.3 Å². The van der Waals surface area contributed by atoms with Gasteiger partial charge >= 0.3 is 0 Å². The lowest BCUT2D eigenvalue weighted by molar-refractivity contribution is 0.0934. The second kappa shape index (κ2) is 7.64. The highest BCUT2D eigenvalue weighted by Crippen LogP contribution is 2.19. The van der Waals surface area contributed by atoms with Crippen molar-refractivity contribution in [3.8, 4) is 0 Å². The molecule has 0 heterocycles. The monoisotopic (exact) mass is 317 g/mol. The Balaban J connectivity index is 2.78. The molecule has 0 aromatic heterocycles. The number of unbranched alkanes of at least 4 members (excludes halogenated alkanes) is 2. The molecule has 0 aliphatic heterocycles. The Morgan fingerprint density at radius 1 is 1.30 bits per heavy atom. The molecular weight excluding hydrogens is 298 g/mol. The van der Waals surface area contributed by atoms with Gasteiger partial charge in [-0.05, 0) is 25.5 Å². The number of hydrogen-bond acceptors (Lipinski definition) is 3. The van der Waals surface area contributed by atoms with Crippen molar-refractivity contribution in [1.82, 2.24) is 5.32 Å². The highest BCUT2D eigenvalue weighted by molar-refractivity contribution is 8.13. The average Bonchev–Trinajstić information content (AvgIpc) is 2.38. The van der Waals surface area contributed by atoms with Crippen molar-refractivity contribution in [1.29, 1.82) is 0 Å². The lowest BCUT2D eigenvalue weighted by Gasteiger charge is -2.14. The van der Waals surface area contributed by atoms with Crippen LogP contribution in [0.3, 0.4) is 0 Å². The lowest BCUT2D eigenvalue weighted by Crippen LogP contribution is -2.33. The van der Waals surface area contributed by atoms with Crippen LogP contribution in [-0.2, 0) is 9.05 Å². The Morgan fingerprint density at radius 2 is 1.95 bits per heavy atom. The number of benzene rings is 1. The molecule has 0 aliphatic carbocycles. The predicted octanol–water partition coefficient (Wildman–Crippen LogP) is 3.31. The highest BCUT2D eigenvalue weighted by atomic mass is 35.7. The smallest absolute Gasteiger partial charge is 0.262 e. The van der Waals surface area contributed by atoms with Gasteiger partial charge < -0.3 is 5.32 Å². The van der Waals surface area contributed by atoms with Gasteiger partial charge in [-0.3, -0.25) is 4.79 Å². The van der Waals surface area contributed by atoms with Crippen molar-refractivity contribution in [3.05, 3.63) is 29.8 Å². The van der Waals surface area contributed by atoms with Gasteiger partial charge in [0.1, 0.15) is 0 Å². The van der Waals surface area contributed by atoms with Gasteiger partial charge in [-0.25, -0.2) is 8.42 Å². The normalized spacial score (nSPS) is 12.9. The zero-order chi connectivity index (χ0) is 15.2. The van der Waals surface area contributed by atoms with Crippen molar-refractivity contribution < 1.29 is 13.2 Å². The van der Waals surface area contributed by atoms with Crippen LogP contribution in [0.15, 0.2) is 29.2 Å². The van der Waals surface area contributed by atoms with Crippen LogP contribution in [0.1, 0.15) is 49.9 Å². The Bertz CT molecular complexity index is 557. The molecule has 0 saturated carbocycles. The fraction of sp³-hybridized carbons (Fsp3) is 0.500. The van der Waals surface area contributed by atoms with Crippen molar-refractivity contribution in [2.24, 2.45) is 0 Å². The zero-order valence-electron chi connectivity index (χ0n) is 11.7. The Labute approximate surface area is 124 Å². The fourth-order valence-electron chi connectivity index (χ4n) is 1.94. The maximum Gasteiger partial charge on any atom is 0.262 e. The quantitative estimate of drug-likeness (QED) is 0.620. The third-order valence-electron chi connectivity index (χ3n) is 3.01. The molecule has 0 aliphatic rings. The molecule has 0 bridgehead atoms. The third-order valence-corrected chi connectivity index (χ3v) is 4.39. The van der Waals surface area contributed by atoms with Crippen molar-refractivity contribution in [2.45, 2.75) is 50.5 Å². The standard InChI is InChI=1S/C14H20ClNO3S/c1-3-4-5-8-11(2)16-14(17)12-9-6-7-10-13(12)20(15,18)19/h6-7,9-11H,3-5,8H2,1-2H3,(H,16,17). The van der Waals surface area contributed by atoms with Gasteiger partial charge in [-0.15, -0.1) is 0 Å². The highest BCUT2D eigenvalue weighted by Gasteiger charge is 2.20. The van der Waals surface area contributed by atoms with E-state index in [4.69, 9.17) is 10.7 Å². The molecule has 0 fully saturated rings. The summed E-state index contributed by atoms with van der Waals surface area (Å²) in [5, 5.41) is 2.81. The molecule has 1 N–H and O–H groups in total. The number of carbonyl (C=O) groups is 1. The molecule has 1 amide bonds. The van der Waals surface area contributed by atoms with E-state index < -0.39 is 15.0 Å². The molecule has 0 saturated heterocycles. The lowest BCUT2D eigenvalue weighted by atomic mass is 10.1. The van der Waals surface area contributed by atoms with Gasteiger partial charge in [0.05, 0.1) is 10.5 Å². The molecular formula is C14H20ClNO3S. The molecule has 6 heteroatoms. The fourth-order valence-corrected chi connectivity index (χ4v) is 3.01. The topological polar surface area (TPSA) is 63.2 Å². The van der Waals surface area contributed by atoms with Gasteiger partial charge in [0, 0.05) is 16.7 Å². The van der Waals surface area contributed by atoms with Crippen LogP contribution < -0.4 is 5.32 Å². The summed E-state index contributed by atoms with van der Waals surface area (Å²) in [6, 6.07) is 5.95. The molecule has 4 nitrogen and oxygen atoms in total. The first-order valence-electron chi connectivity index (χ1n) is 6.70.